The van der Waals surface area contributed by atoms with Crippen LogP contribution in [0.25, 0.3) is 5.69 Å². The maximum atomic E-state index is 12.4. The average molecular weight is 382 g/mol. The van der Waals surface area contributed by atoms with Crippen LogP contribution in [-0.2, 0) is 4.79 Å². The summed E-state index contributed by atoms with van der Waals surface area (Å²) in [6, 6.07) is 14.2. The molecule has 1 heterocycles. The van der Waals surface area contributed by atoms with E-state index < -0.39 is 11.2 Å². The largest absolute Gasteiger partial charge is 0.366 e. The molecule has 8 nitrogen and oxygen atoms in total. The highest BCUT2D eigenvalue weighted by molar-refractivity contribution is 8.00. The van der Waals surface area contributed by atoms with Gasteiger partial charge in [-0.1, -0.05) is 29.5 Å². The molecule has 0 aliphatic heterocycles. The minimum atomic E-state index is -0.514. The van der Waals surface area contributed by atoms with Gasteiger partial charge in [-0.05, 0) is 60.7 Å². The molecule has 2 amide bonds. The monoisotopic (exact) mass is 382 g/mol. The Labute approximate surface area is 160 Å². The van der Waals surface area contributed by atoms with Crippen LogP contribution in [-0.4, -0.2) is 37.3 Å². The molecule has 0 bridgehead atoms. The number of anilines is 1. The van der Waals surface area contributed by atoms with E-state index in [2.05, 4.69) is 20.8 Å². The van der Waals surface area contributed by atoms with Crippen molar-refractivity contribution in [2.75, 3.05) is 5.32 Å². The van der Waals surface area contributed by atoms with Crippen LogP contribution in [0.4, 0.5) is 5.69 Å². The van der Waals surface area contributed by atoms with Crippen molar-refractivity contribution in [3.8, 4) is 5.69 Å². The molecule has 1 aromatic heterocycles. The Hall–Kier alpha value is -3.20. The zero-order valence-electron chi connectivity index (χ0n) is 14.8. The molecular formula is C18H18N6O2S. The van der Waals surface area contributed by atoms with Crippen LogP contribution in [0.5, 0.6) is 0 Å². The van der Waals surface area contributed by atoms with Crippen molar-refractivity contribution in [2.24, 2.45) is 5.73 Å². The Morgan fingerprint density at radius 3 is 2.41 bits per heavy atom. The second kappa shape index (κ2) is 8.00. The number of nitrogens with zero attached hydrogens (tertiary/aromatic N) is 4. The lowest BCUT2D eigenvalue weighted by molar-refractivity contribution is -0.115. The van der Waals surface area contributed by atoms with E-state index in [0.717, 1.165) is 11.3 Å². The van der Waals surface area contributed by atoms with Gasteiger partial charge in [0, 0.05) is 11.3 Å². The fraction of sp³-hybridized carbons (Fsp3) is 0.167. The van der Waals surface area contributed by atoms with Crippen molar-refractivity contribution in [1.29, 1.82) is 0 Å². The van der Waals surface area contributed by atoms with Crippen molar-refractivity contribution in [1.82, 2.24) is 20.2 Å². The molecule has 0 unspecified atom stereocenters. The highest BCUT2D eigenvalue weighted by Gasteiger charge is 2.19. The van der Waals surface area contributed by atoms with Crippen LogP contribution in [0.2, 0.25) is 0 Å². The highest BCUT2D eigenvalue weighted by atomic mass is 32.2. The first-order chi connectivity index (χ1) is 12.9. The van der Waals surface area contributed by atoms with Crippen LogP contribution in [0, 0.1) is 6.92 Å². The van der Waals surface area contributed by atoms with E-state index in [9.17, 15) is 9.59 Å². The topological polar surface area (TPSA) is 116 Å². The summed E-state index contributed by atoms with van der Waals surface area (Å²) >= 11 is 1.25. The summed E-state index contributed by atoms with van der Waals surface area (Å²) in [7, 11) is 0. The fourth-order valence-corrected chi connectivity index (χ4v) is 3.08. The zero-order chi connectivity index (χ0) is 19.4. The van der Waals surface area contributed by atoms with Gasteiger partial charge in [-0.2, -0.15) is 4.68 Å². The quantitative estimate of drug-likeness (QED) is 0.631. The predicted molar refractivity (Wildman–Crippen MR) is 103 cm³/mol. The molecular weight excluding hydrogens is 364 g/mol. The number of hydrogen-bond donors (Lipinski definition) is 2. The van der Waals surface area contributed by atoms with Gasteiger partial charge in [-0.3, -0.25) is 9.59 Å². The molecule has 9 heteroatoms. The number of benzene rings is 2. The van der Waals surface area contributed by atoms with Gasteiger partial charge >= 0.3 is 0 Å². The third-order valence-electron chi connectivity index (χ3n) is 3.81. The highest BCUT2D eigenvalue weighted by Crippen LogP contribution is 2.24. The van der Waals surface area contributed by atoms with Crippen LogP contribution < -0.4 is 11.1 Å². The average Bonchev–Trinajstić information content (AvgIpc) is 3.10. The van der Waals surface area contributed by atoms with E-state index >= 15 is 0 Å². The normalized spacial score (nSPS) is 11.8. The molecule has 0 saturated heterocycles. The van der Waals surface area contributed by atoms with E-state index in [4.69, 9.17) is 5.73 Å². The molecule has 0 aliphatic rings. The van der Waals surface area contributed by atoms with Crippen molar-refractivity contribution >= 4 is 29.3 Å². The molecule has 3 aromatic rings. The lowest BCUT2D eigenvalue weighted by Crippen LogP contribution is -2.23. The summed E-state index contributed by atoms with van der Waals surface area (Å²) < 4.78 is 1.59. The molecule has 0 spiro atoms. The van der Waals surface area contributed by atoms with Gasteiger partial charge in [-0.25, -0.2) is 0 Å². The Morgan fingerprint density at radius 1 is 1.11 bits per heavy atom. The number of hydrogen-bond acceptors (Lipinski definition) is 6. The Kier molecular flexibility index (Phi) is 5.51. The summed E-state index contributed by atoms with van der Waals surface area (Å²) in [5.74, 6) is -0.718. The number of carbonyl (C=O) groups is 2. The maximum absolute atomic E-state index is 12.4. The Balaban J connectivity index is 1.67. The number of nitrogens with two attached hydrogens (primary N) is 1. The third-order valence-corrected chi connectivity index (χ3v) is 4.84. The number of carbonyl (C=O) groups excluding carboxylic acids is 2. The molecule has 27 heavy (non-hydrogen) atoms. The van der Waals surface area contributed by atoms with Gasteiger partial charge < -0.3 is 11.1 Å². The van der Waals surface area contributed by atoms with E-state index in [0.29, 0.717) is 16.4 Å². The van der Waals surface area contributed by atoms with Crippen LogP contribution in [0.3, 0.4) is 0 Å². The summed E-state index contributed by atoms with van der Waals surface area (Å²) in [6.45, 7) is 3.77. The van der Waals surface area contributed by atoms with Gasteiger partial charge in [-0.15, -0.1) is 5.10 Å². The maximum Gasteiger partial charge on any atom is 0.248 e. The van der Waals surface area contributed by atoms with Crippen molar-refractivity contribution < 1.29 is 9.59 Å². The van der Waals surface area contributed by atoms with Crippen LogP contribution in [0.15, 0.2) is 53.7 Å². The van der Waals surface area contributed by atoms with Crippen molar-refractivity contribution in [2.45, 2.75) is 24.3 Å². The predicted octanol–water partition coefficient (Wildman–Crippen LogP) is 2.19. The number of aromatic nitrogens is 4. The van der Waals surface area contributed by atoms with Crippen LogP contribution in [0.1, 0.15) is 22.8 Å². The number of rotatable bonds is 6. The zero-order valence-corrected chi connectivity index (χ0v) is 15.6. The number of primary amides is 1. The Morgan fingerprint density at radius 2 is 1.78 bits per heavy atom. The van der Waals surface area contributed by atoms with E-state index in [-0.39, 0.29) is 5.91 Å². The third kappa shape index (κ3) is 4.50. The second-order valence-electron chi connectivity index (χ2n) is 5.90. The number of amides is 2. The second-order valence-corrected chi connectivity index (χ2v) is 7.21. The molecule has 2 aromatic carbocycles. The Bertz CT molecular complexity index is 953. The first kappa shape index (κ1) is 18.6. The minimum Gasteiger partial charge on any atom is -0.366 e. The van der Waals surface area contributed by atoms with Gasteiger partial charge in [0.25, 0.3) is 0 Å². The minimum absolute atomic E-state index is 0.203. The first-order valence-corrected chi connectivity index (χ1v) is 9.05. The molecule has 0 aliphatic carbocycles. The SMILES string of the molecule is Cc1ccc(-n2nnnc2S[C@H](C)C(=O)Nc2ccc(C(N)=O)cc2)cc1. The number of thioether (sulfide) groups is 1. The van der Waals surface area contributed by atoms with Gasteiger partial charge in [0.05, 0.1) is 10.9 Å². The number of aryl methyl sites for hydroxylation is 1. The molecule has 3 N–H and O–H groups in total. The van der Waals surface area contributed by atoms with Crippen molar-refractivity contribution in [3.63, 3.8) is 0 Å². The molecule has 3 rings (SSSR count). The van der Waals surface area contributed by atoms with Gasteiger partial charge in [0.15, 0.2) is 0 Å². The first-order valence-electron chi connectivity index (χ1n) is 8.17. The fourth-order valence-electron chi connectivity index (χ4n) is 2.27. The summed E-state index contributed by atoms with van der Waals surface area (Å²) in [6.07, 6.45) is 0. The smallest absolute Gasteiger partial charge is 0.248 e. The summed E-state index contributed by atoms with van der Waals surface area (Å²) in [4.78, 5) is 23.5. The van der Waals surface area contributed by atoms with Gasteiger partial charge in [0.1, 0.15) is 0 Å². The molecule has 0 saturated carbocycles. The lowest BCUT2D eigenvalue weighted by Gasteiger charge is -2.12. The number of tetrazole rings is 1. The van der Waals surface area contributed by atoms with E-state index in [1.54, 1.807) is 35.9 Å². The summed E-state index contributed by atoms with van der Waals surface area (Å²) in [5, 5.41) is 14.6. The van der Waals surface area contributed by atoms with Crippen LogP contribution >= 0.6 is 11.8 Å². The molecule has 0 radical (unpaired) electrons. The molecule has 1 atom stereocenters. The summed E-state index contributed by atoms with van der Waals surface area (Å²) in [5.41, 5.74) is 8.13. The lowest BCUT2D eigenvalue weighted by atomic mass is 10.2. The standard InChI is InChI=1S/C18H18N6O2S/c1-11-3-9-15(10-4-11)24-18(21-22-23-24)27-12(2)17(26)20-14-7-5-13(6-8-14)16(19)25/h3-10,12H,1-2H3,(H2,19,25)(H,20,26)/t12-/m1/s1. The number of nitrogens with one attached hydrogen (secondary N) is 1. The molecule has 138 valence electrons. The van der Waals surface area contributed by atoms with E-state index in [1.807, 2.05) is 31.2 Å². The molecule has 0 fully saturated rings. The van der Waals surface area contributed by atoms with Gasteiger partial charge in [0.2, 0.25) is 17.0 Å². The van der Waals surface area contributed by atoms with E-state index in [1.165, 1.54) is 11.8 Å². The van der Waals surface area contributed by atoms with Crippen molar-refractivity contribution in [3.05, 3.63) is 59.7 Å².